The highest BCUT2D eigenvalue weighted by atomic mass is 32.1. The van der Waals surface area contributed by atoms with E-state index in [4.69, 9.17) is 9.05 Å². The lowest BCUT2D eigenvalue weighted by Crippen LogP contribution is -2.46. The summed E-state index contributed by atoms with van der Waals surface area (Å²) < 4.78 is 21.5. The van der Waals surface area contributed by atoms with Gasteiger partial charge in [-0.3, -0.25) is 18.6 Å². The molecule has 0 aromatic rings. The number of thiol groups is 1. The predicted molar refractivity (Wildman–Crippen MR) is 110 cm³/mol. The molecule has 0 aromatic heterocycles. The van der Waals surface area contributed by atoms with Crippen molar-refractivity contribution in [2.24, 2.45) is 5.41 Å². The van der Waals surface area contributed by atoms with Crippen molar-refractivity contribution in [2.45, 2.75) is 71.3 Å². The molecular formula is C17H35N2O7PS. The van der Waals surface area contributed by atoms with Crippen molar-refractivity contribution >= 4 is 32.3 Å². The maximum absolute atomic E-state index is 12.1. The van der Waals surface area contributed by atoms with Crippen LogP contribution >= 0.6 is 20.5 Å². The molecule has 0 saturated carbocycles. The van der Waals surface area contributed by atoms with E-state index in [0.717, 1.165) is 0 Å². The van der Waals surface area contributed by atoms with Gasteiger partial charge in [-0.15, -0.1) is 0 Å². The van der Waals surface area contributed by atoms with Crippen molar-refractivity contribution < 1.29 is 33.2 Å². The van der Waals surface area contributed by atoms with Crippen LogP contribution in [0.3, 0.4) is 0 Å². The Hall–Kier alpha value is -0.640. The summed E-state index contributed by atoms with van der Waals surface area (Å²) in [7, 11) is -4.34. The number of hydrogen-bond acceptors (Lipinski definition) is 7. The maximum atomic E-state index is 12.1. The average Bonchev–Trinajstić information content (AvgIpc) is 2.47. The van der Waals surface area contributed by atoms with Crippen LogP contribution in [0.4, 0.5) is 0 Å². The Balaban J connectivity index is 4.48. The highest BCUT2D eigenvalue weighted by Crippen LogP contribution is 2.48. The largest absolute Gasteiger partial charge is 0.472 e. The van der Waals surface area contributed by atoms with E-state index in [1.54, 1.807) is 20.8 Å². The summed E-state index contributed by atoms with van der Waals surface area (Å²) in [6.45, 7) is 11.6. The van der Waals surface area contributed by atoms with E-state index < -0.39 is 30.8 Å². The molecule has 28 heavy (non-hydrogen) atoms. The summed E-state index contributed by atoms with van der Waals surface area (Å²) in [6, 6.07) is 0. The van der Waals surface area contributed by atoms with Gasteiger partial charge in [0.2, 0.25) is 11.8 Å². The number of aliphatic hydroxyl groups is 1. The van der Waals surface area contributed by atoms with E-state index in [1.807, 2.05) is 13.8 Å². The first kappa shape index (κ1) is 27.4. The molecule has 9 nitrogen and oxygen atoms in total. The van der Waals surface area contributed by atoms with Gasteiger partial charge in [0.15, 0.2) is 0 Å². The lowest BCUT2D eigenvalue weighted by molar-refractivity contribution is -0.137. The zero-order valence-corrected chi connectivity index (χ0v) is 19.5. The molecule has 0 fully saturated rings. The minimum absolute atomic E-state index is 0.0390. The van der Waals surface area contributed by atoms with E-state index >= 15 is 0 Å². The number of hydrogen-bond donors (Lipinski definition) is 5. The Morgan fingerprint density at radius 2 is 1.64 bits per heavy atom. The van der Waals surface area contributed by atoms with Crippen molar-refractivity contribution in [3.8, 4) is 0 Å². The summed E-state index contributed by atoms with van der Waals surface area (Å²) in [5, 5.41) is 15.4. The Morgan fingerprint density at radius 3 is 2.11 bits per heavy atom. The third-order valence-corrected chi connectivity index (χ3v) is 4.74. The molecule has 2 amide bonds. The fourth-order valence-electron chi connectivity index (χ4n) is 1.85. The number of phosphoric acid groups is 1. The Kier molecular flexibility index (Phi) is 10.2. The van der Waals surface area contributed by atoms with Gasteiger partial charge >= 0.3 is 7.82 Å². The third kappa shape index (κ3) is 12.7. The summed E-state index contributed by atoms with van der Waals surface area (Å²) in [5.41, 5.74) is -2.06. The van der Waals surface area contributed by atoms with Crippen LogP contribution in [0.5, 0.6) is 0 Å². The number of aliphatic hydroxyl groups excluding tert-OH is 1. The first-order valence-electron chi connectivity index (χ1n) is 8.98. The van der Waals surface area contributed by atoms with E-state index in [0.29, 0.717) is 6.54 Å². The zero-order valence-electron chi connectivity index (χ0n) is 17.7. The number of rotatable bonds is 11. The first-order chi connectivity index (χ1) is 12.3. The molecule has 11 heteroatoms. The second kappa shape index (κ2) is 10.4. The summed E-state index contributed by atoms with van der Waals surface area (Å²) in [4.78, 5) is 33.6. The normalized spacial score (nSPS) is 16.2. The number of carbonyl (C=O) groups is 2. The summed E-state index contributed by atoms with van der Waals surface area (Å²) >= 11 is 4.30. The topological polar surface area (TPSA) is 134 Å². The first-order valence-corrected chi connectivity index (χ1v) is 10.9. The summed E-state index contributed by atoms with van der Waals surface area (Å²) in [6.07, 6.45) is -1.47. The van der Waals surface area contributed by atoms with Crippen molar-refractivity contribution in [1.29, 1.82) is 0 Å². The van der Waals surface area contributed by atoms with Crippen molar-refractivity contribution in [1.82, 2.24) is 10.6 Å². The number of amides is 2. The molecule has 0 radical (unpaired) electrons. The van der Waals surface area contributed by atoms with Crippen LogP contribution in [-0.4, -0.2) is 58.0 Å². The predicted octanol–water partition coefficient (Wildman–Crippen LogP) is 1.64. The molecule has 0 heterocycles. The van der Waals surface area contributed by atoms with Crippen molar-refractivity contribution in [2.75, 3.05) is 19.7 Å². The van der Waals surface area contributed by atoms with Crippen molar-refractivity contribution in [3.63, 3.8) is 0 Å². The smallest absolute Gasteiger partial charge is 0.383 e. The Labute approximate surface area is 173 Å². The maximum Gasteiger partial charge on any atom is 0.472 e. The van der Waals surface area contributed by atoms with E-state index in [2.05, 4.69) is 23.3 Å². The molecule has 2 atom stereocenters. The quantitative estimate of drug-likeness (QED) is 0.243. The average molecular weight is 443 g/mol. The minimum atomic E-state index is -4.34. The highest BCUT2D eigenvalue weighted by Gasteiger charge is 2.38. The van der Waals surface area contributed by atoms with E-state index in [9.17, 15) is 24.2 Å². The van der Waals surface area contributed by atoms with Gasteiger partial charge in [-0.25, -0.2) is 4.57 Å². The minimum Gasteiger partial charge on any atom is -0.383 e. The van der Waals surface area contributed by atoms with Crippen molar-refractivity contribution in [3.05, 3.63) is 0 Å². The molecule has 4 N–H and O–H groups in total. The van der Waals surface area contributed by atoms with Gasteiger partial charge < -0.3 is 20.6 Å². The lowest BCUT2D eigenvalue weighted by Gasteiger charge is -2.31. The van der Waals surface area contributed by atoms with Gasteiger partial charge in [0.05, 0.1) is 12.2 Å². The molecule has 0 aliphatic heterocycles. The molecule has 0 aliphatic carbocycles. The fourth-order valence-corrected chi connectivity index (χ4v) is 3.17. The third-order valence-electron chi connectivity index (χ3n) is 3.35. The van der Waals surface area contributed by atoms with Crippen LogP contribution in [0.2, 0.25) is 0 Å². The molecule has 0 bridgehead atoms. The van der Waals surface area contributed by atoms with Gasteiger partial charge in [-0.1, -0.05) is 13.8 Å². The van der Waals surface area contributed by atoms with Gasteiger partial charge in [0.1, 0.15) is 6.10 Å². The number of carbonyl (C=O) groups excluding carboxylic acids is 2. The second-order valence-corrected chi connectivity index (χ2v) is 11.6. The molecular weight excluding hydrogens is 407 g/mol. The molecule has 166 valence electrons. The lowest BCUT2D eigenvalue weighted by atomic mass is 9.87. The van der Waals surface area contributed by atoms with Crippen LogP contribution in [0, 0.1) is 5.41 Å². The van der Waals surface area contributed by atoms with Crippen LogP contribution in [-0.2, 0) is 23.2 Å². The number of phosphoric ester groups is 1. The second-order valence-electron chi connectivity index (χ2n) is 8.97. The van der Waals surface area contributed by atoms with Gasteiger partial charge in [-0.05, 0) is 34.6 Å². The monoisotopic (exact) mass is 442 g/mol. The number of nitrogens with one attached hydrogen (secondary N) is 2. The van der Waals surface area contributed by atoms with Crippen LogP contribution in [0.25, 0.3) is 0 Å². The standard InChI is InChI=1S/C17H35N2O7PS/c1-15(2,3)26-27(23,24)25-11-16(4,5)13(21)14(22)18-9-8-12(20)19-10-17(6,7)28/h13,21,28H,8-11H2,1-7H3,(H,18,22)(H,19,20)(H,23,24). The van der Waals surface area contributed by atoms with Crippen LogP contribution in [0.1, 0.15) is 54.9 Å². The highest BCUT2D eigenvalue weighted by molar-refractivity contribution is 7.81. The Bertz CT molecular complexity index is 585. The SMILES string of the molecule is CC(C)(S)CNC(=O)CCNC(=O)C(O)C(C)(C)COP(=O)(O)OC(C)(C)C. The fraction of sp³-hybridized carbons (Fsp3) is 0.882. The van der Waals surface area contributed by atoms with Gasteiger partial charge in [-0.2, -0.15) is 12.6 Å². The molecule has 0 saturated heterocycles. The van der Waals surface area contributed by atoms with Crippen LogP contribution in [0.15, 0.2) is 0 Å². The zero-order chi connectivity index (χ0) is 22.4. The molecule has 0 spiro atoms. The van der Waals surface area contributed by atoms with E-state index in [-0.39, 0.29) is 30.2 Å². The molecule has 2 unspecified atom stereocenters. The molecule has 0 rings (SSSR count). The Morgan fingerprint density at radius 1 is 1.11 bits per heavy atom. The molecule has 0 aromatic carbocycles. The van der Waals surface area contributed by atoms with Gasteiger partial charge in [0, 0.05) is 29.7 Å². The summed E-state index contributed by atoms with van der Waals surface area (Å²) in [5.74, 6) is -0.958. The van der Waals surface area contributed by atoms with E-state index in [1.165, 1.54) is 13.8 Å². The van der Waals surface area contributed by atoms with Gasteiger partial charge in [0.25, 0.3) is 0 Å². The van der Waals surface area contributed by atoms with Crippen LogP contribution < -0.4 is 10.6 Å². The molecule has 0 aliphatic rings.